The molecule has 0 N–H and O–H groups in total. The van der Waals surface area contributed by atoms with Gasteiger partial charge in [0.05, 0.1) is 6.61 Å². The zero-order valence-corrected chi connectivity index (χ0v) is 10.0. The van der Waals surface area contributed by atoms with Gasteiger partial charge < -0.3 is 4.74 Å². The number of ketones is 1. The van der Waals surface area contributed by atoms with E-state index in [1.807, 2.05) is 13.8 Å². The summed E-state index contributed by atoms with van der Waals surface area (Å²) in [4.78, 5) is 11.3. The Morgan fingerprint density at radius 1 is 1.33 bits per heavy atom. The van der Waals surface area contributed by atoms with Gasteiger partial charge in [-0.3, -0.25) is 4.79 Å². The monoisotopic (exact) mass is 208 g/mol. The fourth-order valence-corrected chi connectivity index (χ4v) is 1.56. The molecule has 0 spiro atoms. The van der Waals surface area contributed by atoms with Crippen molar-refractivity contribution in [2.75, 3.05) is 13.2 Å². The van der Waals surface area contributed by atoms with Gasteiger partial charge in [0.15, 0.2) is 5.78 Å². The average molecular weight is 208 g/mol. The first kappa shape index (κ1) is 12.2. The second kappa shape index (κ2) is 5.26. The minimum Gasteiger partial charge on any atom is -0.373 e. The van der Waals surface area contributed by atoms with Gasteiger partial charge in [-0.15, -0.1) is 0 Å². The van der Waals surface area contributed by atoms with Crippen LogP contribution in [-0.2, 0) is 9.53 Å². The number of carbonyl (C=O) groups excluding carboxylic acids is 1. The summed E-state index contributed by atoms with van der Waals surface area (Å²) in [7, 11) is 0. The first-order chi connectivity index (χ1) is 7.02. The lowest BCUT2D eigenvalue weighted by molar-refractivity contribution is -0.126. The van der Waals surface area contributed by atoms with Crippen LogP contribution in [-0.4, -0.2) is 19.0 Å². The summed E-state index contributed by atoms with van der Waals surface area (Å²) in [6.07, 6.45) is 4.24. The van der Waals surface area contributed by atoms with E-state index in [2.05, 4.69) is 26.0 Å². The minimum absolute atomic E-state index is 0.0712. The van der Waals surface area contributed by atoms with E-state index in [1.54, 1.807) is 0 Å². The fraction of sp³-hybridized carbons (Fsp3) is 0.615. The molecule has 0 aromatic carbocycles. The maximum Gasteiger partial charge on any atom is 0.160 e. The molecule has 15 heavy (non-hydrogen) atoms. The predicted molar refractivity (Wildman–Crippen MR) is 61.7 cm³/mol. The van der Waals surface area contributed by atoms with E-state index in [-0.39, 0.29) is 18.3 Å². The normalized spacial score (nSPS) is 16.9. The van der Waals surface area contributed by atoms with E-state index < -0.39 is 0 Å². The highest BCUT2D eigenvalue weighted by molar-refractivity contribution is 5.81. The molecule has 0 saturated heterocycles. The quantitative estimate of drug-likeness (QED) is 0.694. The molecule has 0 radical (unpaired) electrons. The molecule has 2 heteroatoms. The van der Waals surface area contributed by atoms with Gasteiger partial charge in [0, 0.05) is 11.8 Å². The molecule has 1 aliphatic carbocycles. The SMILES string of the molecule is CC1=CC=C(C)C1COCC(=O)C(C)C. The van der Waals surface area contributed by atoms with Gasteiger partial charge in [0.2, 0.25) is 0 Å². The third kappa shape index (κ3) is 3.31. The topological polar surface area (TPSA) is 26.3 Å². The van der Waals surface area contributed by atoms with E-state index >= 15 is 0 Å². The summed E-state index contributed by atoms with van der Waals surface area (Å²) in [5, 5.41) is 0. The molecule has 0 heterocycles. The summed E-state index contributed by atoms with van der Waals surface area (Å²) in [5.41, 5.74) is 2.65. The maximum absolute atomic E-state index is 11.3. The van der Waals surface area contributed by atoms with Crippen molar-refractivity contribution in [1.29, 1.82) is 0 Å². The van der Waals surface area contributed by atoms with Crippen molar-refractivity contribution >= 4 is 5.78 Å². The number of allylic oxidation sites excluding steroid dienone is 2. The lowest BCUT2D eigenvalue weighted by atomic mass is 9.99. The number of carbonyl (C=O) groups is 1. The zero-order valence-electron chi connectivity index (χ0n) is 10.0. The van der Waals surface area contributed by atoms with E-state index in [0.29, 0.717) is 12.5 Å². The zero-order chi connectivity index (χ0) is 11.4. The molecule has 0 aliphatic heterocycles. The van der Waals surface area contributed by atoms with Gasteiger partial charge in [-0.05, 0) is 13.8 Å². The molecule has 2 nitrogen and oxygen atoms in total. The van der Waals surface area contributed by atoms with Gasteiger partial charge in [0.25, 0.3) is 0 Å². The highest BCUT2D eigenvalue weighted by Crippen LogP contribution is 2.26. The molecule has 0 unspecified atom stereocenters. The highest BCUT2D eigenvalue weighted by Gasteiger charge is 2.17. The van der Waals surface area contributed by atoms with Crippen molar-refractivity contribution in [3.05, 3.63) is 23.3 Å². The van der Waals surface area contributed by atoms with Crippen molar-refractivity contribution in [2.24, 2.45) is 11.8 Å². The number of Topliss-reactive ketones (excluding diaryl/α,β-unsaturated/α-hetero) is 1. The molecular weight excluding hydrogens is 188 g/mol. The Morgan fingerprint density at radius 2 is 1.87 bits per heavy atom. The van der Waals surface area contributed by atoms with Crippen molar-refractivity contribution in [3.8, 4) is 0 Å². The van der Waals surface area contributed by atoms with E-state index in [9.17, 15) is 4.79 Å². The highest BCUT2D eigenvalue weighted by atomic mass is 16.5. The number of rotatable bonds is 5. The van der Waals surface area contributed by atoms with Gasteiger partial charge in [-0.25, -0.2) is 0 Å². The van der Waals surface area contributed by atoms with Crippen molar-refractivity contribution in [1.82, 2.24) is 0 Å². The average Bonchev–Trinajstić information content (AvgIpc) is 2.48. The Kier molecular flexibility index (Phi) is 4.28. The van der Waals surface area contributed by atoms with Gasteiger partial charge in [-0.1, -0.05) is 37.1 Å². The maximum atomic E-state index is 11.3. The lowest BCUT2D eigenvalue weighted by Gasteiger charge is -2.15. The van der Waals surface area contributed by atoms with Crippen LogP contribution in [0.15, 0.2) is 23.3 Å². The van der Waals surface area contributed by atoms with Gasteiger partial charge >= 0.3 is 0 Å². The summed E-state index contributed by atoms with van der Waals surface area (Å²) in [5.74, 6) is 0.628. The van der Waals surface area contributed by atoms with Crippen molar-refractivity contribution in [2.45, 2.75) is 27.7 Å². The third-order valence-electron chi connectivity index (χ3n) is 2.88. The summed E-state index contributed by atoms with van der Waals surface area (Å²) in [6, 6.07) is 0. The Balaban J connectivity index is 2.30. The van der Waals surface area contributed by atoms with Crippen LogP contribution in [0.25, 0.3) is 0 Å². The van der Waals surface area contributed by atoms with Gasteiger partial charge in [-0.2, -0.15) is 0 Å². The smallest absolute Gasteiger partial charge is 0.160 e. The van der Waals surface area contributed by atoms with E-state index in [4.69, 9.17) is 4.74 Å². The first-order valence-corrected chi connectivity index (χ1v) is 5.47. The molecule has 0 aromatic rings. The minimum atomic E-state index is 0.0712. The molecule has 0 aromatic heterocycles. The second-order valence-electron chi connectivity index (χ2n) is 4.51. The Morgan fingerprint density at radius 3 is 2.33 bits per heavy atom. The van der Waals surface area contributed by atoms with E-state index in [1.165, 1.54) is 11.1 Å². The Bertz CT molecular complexity index is 280. The first-order valence-electron chi connectivity index (χ1n) is 5.47. The molecule has 0 atom stereocenters. The number of hydrogen-bond acceptors (Lipinski definition) is 2. The van der Waals surface area contributed by atoms with Crippen LogP contribution in [0.5, 0.6) is 0 Å². The standard InChI is InChI=1S/C13H20O2/c1-9(2)13(14)8-15-7-12-10(3)5-6-11(12)4/h5-6,9,12H,7-8H2,1-4H3. The van der Waals surface area contributed by atoms with Crippen LogP contribution in [0.2, 0.25) is 0 Å². The molecule has 0 fully saturated rings. The molecule has 0 bridgehead atoms. The van der Waals surface area contributed by atoms with Crippen molar-refractivity contribution in [3.63, 3.8) is 0 Å². The molecule has 1 aliphatic rings. The van der Waals surface area contributed by atoms with E-state index in [0.717, 1.165) is 0 Å². The second-order valence-corrected chi connectivity index (χ2v) is 4.51. The number of hydrogen-bond donors (Lipinski definition) is 0. The summed E-state index contributed by atoms with van der Waals surface area (Å²) >= 11 is 0. The van der Waals surface area contributed by atoms with Crippen LogP contribution in [0, 0.1) is 11.8 Å². The summed E-state index contributed by atoms with van der Waals surface area (Å²) < 4.78 is 5.45. The molecular formula is C13H20O2. The summed E-state index contributed by atoms with van der Waals surface area (Å²) in [6.45, 7) is 8.88. The Labute approximate surface area is 92.0 Å². The van der Waals surface area contributed by atoms with Crippen LogP contribution >= 0.6 is 0 Å². The third-order valence-corrected chi connectivity index (χ3v) is 2.88. The largest absolute Gasteiger partial charge is 0.373 e. The number of ether oxygens (including phenoxy) is 1. The fourth-order valence-electron chi connectivity index (χ4n) is 1.56. The van der Waals surface area contributed by atoms with Gasteiger partial charge in [0.1, 0.15) is 6.61 Å². The van der Waals surface area contributed by atoms with Crippen LogP contribution < -0.4 is 0 Å². The Hall–Kier alpha value is -0.890. The van der Waals surface area contributed by atoms with Crippen LogP contribution in [0.4, 0.5) is 0 Å². The van der Waals surface area contributed by atoms with Crippen LogP contribution in [0.3, 0.4) is 0 Å². The molecule has 84 valence electrons. The van der Waals surface area contributed by atoms with Crippen molar-refractivity contribution < 1.29 is 9.53 Å². The molecule has 1 rings (SSSR count). The predicted octanol–water partition coefficient (Wildman–Crippen LogP) is 2.75. The lowest BCUT2D eigenvalue weighted by Crippen LogP contribution is -2.18. The molecule has 0 saturated carbocycles. The van der Waals surface area contributed by atoms with Crippen LogP contribution in [0.1, 0.15) is 27.7 Å². The molecule has 0 amide bonds.